The molecular weight excluding hydrogens is 466 g/mol. The minimum Gasteiger partial charge on any atom is -0.495 e. The SMILES string of the molecule is COc1ccc([C@@H]2CN(c3ccc4c(c3)C(=O)NC4)CC[C@H]2NC(=O)Nc2ccc(Cl)cc2)nc1. The van der Waals surface area contributed by atoms with E-state index >= 15 is 0 Å². The molecule has 0 aliphatic carbocycles. The number of methoxy groups -OCH3 is 1. The molecule has 9 heteroatoms. The van der Waals surface area contributed by atoms with Gasteiger partial charge in [-0.3, -0.25) is 9.78 Å². The number of rotatable bonds is 5. The summed E-state index contributed by atoms with van der Waals surface area (Å²) in [4.78, 5) is 31.8. The molecule has 0 spiro atoms. The maximum absolute atomic E-state index is 12.8. The summed E-state index contributed by atoms with van der Waals surface area (Å²) in [7, 11) is 1.61. The smallest absolute Gasteiger partial charge is 0.319 e. The number of hydrogen-bond donors (Lipinski definition) is 3. The van der Waals surface area contributed by atoms with E-state index in [1.54, 1.807) is 37.6 Å². The first-order valence-corrected chi connectivity index (χ1v) is 11.9. The van der Waals surface area contributed by atoms with Gasteiger partial charge in [-0.05, 0) is 60.5 Å². The lowest BCUT2D eigenvalue weighted by atomic mass is 9.88. The number of amides is 3. The molecule has 2 aromatic carbocycles. The van der Waals surface area contributed by atoms with Crippen molar-refractivity contribution < 1.29 is 14.3 Å². The van der Waals surface area contributed by atoms with E-state index in [0.717, 1.165) is 35.5 Å². The number of aromatic nitrogens is 1. The molecule has 2 aliphatic heterocycles. The van der Waals surface area contributed by atoms with Crippen LogP contribution in [0.5, 0.6) is 5.75 Å². The minimum absolute atomic E-state index is 0.0364. The largest absolute Gasteiger partial charge is 0.495 e. The highest BCUT2D eigenvalue weighted by atomic mass is 35.5. The third-order valence-electron chi connectivity index (χ3n) is 6.55. The van der Waals surface area contributed by atoms with Gasteiger partial charge in [-0.2, -0.15) is 0 Å². The van der Waals surface area contributed by atoms with E-state index in [2.05, 4.69) is 31.9 Å². The number of ether oxygens (including phenoxy) is 1. The summed E-state index contributed by atoms with van der Waals surface area (Å²) in [6, 6.07) is 16.4. The van der Waals surface area contributed by atoms with E-state index in [-0.39, 0.29) is 23.9 Å². The van der Waals surface area contributed by atoms with Crippen LogP contribution in [0.3, 0.4) is 0 Å². The Labute approximate surface area is 208 Å². The van der Waals surface area contributed by atoms with Crippen LogP contribution in [-0.4, -0.2) is 43.2 Å². The quantitative estimate of drug-likeness (QED) is 0.498. The topological polar surface area (TPSA) is 95.6 Å². The highest BCUT2D eigenvalue weighted by Crippen LogP contribution is 2.32. The van der Waals surface area contributed by atoms with Gasteiger partial charge in [0.15, 0.2) is 0 Å². The Bertz CT molecular complexity index is 1230. The fraction of sp³-hybridized carbons (Fsp3) is 0.269. The number of anilines is 2. The van der Waals surface area contributed by atoms with Crippen molar-refractivity contribution in [2.24, 2.45) is 0 Å². The zero-order valence-corrected chi connectivity index (χ0v) is 20.0. The summed E-state index contributed by atoms with van der Waals surface area (Å²) >= 11 is 5.94. The third kappa shape index (κ3) is 5.02. The molecule has 3 N–H and O–H groups in total. The van der Waals surface area contributed by atoms with Gasteiger partial charge in [0.2, 0.25) is 0 Å². The van der Waals surface area contributed by atoms with Crippen LogP contribution in [0.1, 0.15) is 34.0 Å². The third-order valence-corrected chi connectivity index (χ3v) is 6.80. The number of nitrogens with zero attached hydrogens (tertiary/aromatic N) is 2. The van der Waals surface area contributed by atoms with Crippen molar-refractivity contribution in [2.75, 3.05) is 30.4 Å². The van der Waals surface area contributed by atoms with Gasteiger partial charge in [-0.15, -0.1) is 0 Å². The lowest BCUT2D eigenvalue weighted by Crippen LogP contribution is -2.51. The number of carbonyl (C=O) groups is 2. The molecule has 8 nitrogen and oxygen atoms in total. The first kappa shape index (κ1) is 23.0. The molecule has 0 radical (unpaired) electrons. The van der Waals surface area contributed by atoms with Crippen LogP contribution >= 0.6 is 11.6 Å². The Hall–Kier alpha value is -3.78. The Balaban J connectivity index is 1.36. The Morgan fingerprint density at radius 2 is 2.00 bits per heavy atom. The van der Waals surface area contributed by atoms with Crippen LogP contribution < -0.4 is 25.6 Å². The predicted molar refractivity (Wildman–Crippen MR) is 135 cm³/mol. The van der Waals surface area contributed by atoms with Gasteiger partial charge in [0.25, 0.3) is 5.91 Å². The van der Waals surface area contributed by atoms with Crippen molar-refractivity contribution in [3.05, 3.63) is 82.6 Å². The lowest BCUT2D eigenvalue weighted by molar-refractivity contribution is 0.0965. The standard InChI is InChI=1S/C26H26ClN5O3/c1-35-20-8-9-23(28-14-20)22-15-32(19-7-2-16-13-29-25(33)21(16)12-19)11-10-24(22)31-26(34)30-18-5-3-17(27)4-6-18/h2-9,12,14,22,24H,10-11,13,15H2,1H3,(H,29,33)(H2,30,31,34)/t22-,24+/m0/s1. The number of fused-ring (bicyclic) bond motifs is 1. The molecule has 0 unspecified atom stereocenters. The van der Waals surface area contributed by atoms with Crippen molar-refractivity contribution >= 4 is 34.9 Å². The van der Waals surface area contributed by atoms with Crippen molar-refractivity contribution in [1.82, 2.24) is 15.6 Å². The second-order valence-corrected chi connectivity index (χ2v) is 9.14. The summed E-state index contributed by atoms with van der Waals surface area (Å²) in [6.45, 7) is 1.95. The monoisotopic (exact) mass is 491 g/mol. The molecular formula is C26H26ClN5O3. The Kier molecular flexibility index (Phi) is 6.46. The van der Waals surface area contributed by atoms with E-state index in [1.165, 1.54) is 0 Å². The van der Waals surface area contributed by atoms with E-state index < -0.39 is 0 Å². The number of halogens is 1. The summed E-state index contributed by atoms with van der Waals surface area (Å²) in [5.74, 6) is 0.578. The summed E-state index contributed by atoms with van der Waals surface area (Å²) in [5, 5.41) is 9.49. The van der Waals surface area contributed by atoms with E-state index in [9.17, 15) is 9.59 Å². The van der Waals surface area contributed by atoms with Crippen molar-refractivity contribution in [2.45, 2.75) is 24.9 Å². The number of carbonyl (C=O) groups excluding carboxylic acids is 2. The van der Waals surface area contributed by atoms with Crippen LogP contribution in [0.25, 0.3) is 0 Å². The zero-order chi connectivity index (χ0) is 24.4. The molecule has 3 aromatic rings. The fourth-order valence-electron chi connectivity index (χ4n) is 4.66. The van der Waals surface area contributed by atoms with Crippen molar-refractivity contribution in [1.29, 1.82) is 0 Å². The molecule has 2 aliphatic rings. The van der Waals surface area contributed by atoms with Crippen molar-refractivity contribution in [3.63, 3.8) is 0 Å². The average molecular weight is 492 g/mol. The van der Waals surface area contributed by atoms with Gasteiger partial charge in [-0.1, -0.05) is 17.7 Å². The molecule has 180 valence electrons. The van der Waals surface area contributed by atoms with Gasteiger partial charge < -0.3 is 25.6 Å². The molecule has 0 saturated carbocycles. The maximum atomic E-state index is 12.8. The second kappa shape index (κ2) is 9.84. The number of pyridine rings is 1. The van der Waals surface area contributed by atoms with Crippen LogP contribution in [0.4, 0.5) is 16.2 Å². The predicted octanol–water partition coefficient (Wildman–Crippen LogP) is 4.17. The van der Waals surface area contributed by atoms with Crippen LogP contribution in [0, 0.1) is 0 Å². The molecule has 5 rings (SSSR count). The second-order valence-electron chi connectivity index (χ2n) is 8.70. The molecule has 1 fully saturated rings. The van der Waals surface area contributed by atoms with Crippen LogP contribution in [-0.2, 0) is 6.54 Å². The van der Waals surface area contributed by atoms with Gasteiger partial charge in [0, 0.05) is 59.2 Å². The van der Waals surface area contributed by atoms with Crippen LogP contribution in [0.2, 0.25) is 5.02 Å². The molecule has 35 heavy (non-hydrogen) atoms. The molecule has 1 aromatic heterocycles. The van der Waals surface area contributed by atoms with E-state index in [1.807, 2.05) is 24.3 Å². The fourth-order valence-corrected chi connectivity index (χ4v) is 4.78. The summed E-state index contributed by atoms with van der Waals surface area (Å²) < 4.78 is 5.27. The van der Waals surface area contributed by atoms with Crippen LogP contribution in [0.15, 0.2) is 60.8 Å². The number of hydrogen-bond acceptors (Lipinski definition) is 5. The molecule has 3 amide bonds. The van der Waals surface area contributed by atoms with E-state index in [4.69, 9.17) is 16.3 Å². The molecule has 2 atom stereocenters. The summed E-state index contributed by atoms with van der Waals surface area (Å²) in [5.41, 5.74) is 4.27. The zero-order valence-electron chi connectivity index (χ0n) is 19.3. The van der Waals surface area contributed by atoms with Crippen molar-refractivity contribution in [3.8, 4) is 5.75 Å². The van der Waals surface area contributed by atoms with Gasteiger partial charge >= 0.3 is 6.03 Å². The molecule has 3 heterocycles. The number of benzene rings is 2. The molecule has 1 saturated heterocycles. The summed E-state index contributed by atoms with van der Waals surface area (Å²) in [6.07, 6.45) is 2.41. The normalized spacial score (nSPS) is 19.0. The Morgan fingerprint density at radius 3 is 2.74 bits per heavy atom. The maximum Gasteiger partial charge on any atom is 0.319 e. The first-order chi connectivity index (χ1) is 17.0. The van der Waals surface area contributed by atoms with Gasteiger partial charge in [0.1, 0.15) is 5.75 Å². The highest BCUT2D eigenvalue weighted by molar-refractivity contribution is 6.30. The van der Waals surface area contributed by atoms with Gasteiger partial charge in [-0.25, -0.2) is 4.79 Å². The lowest BCUT2D eigenvalue weighted by Gasteiger charge is -2.40. The first-order valence-electron chi connectivity index (χ1n) is 11.5. The van der Waals surface area contributed by atoms with E-state index in [0.29, 0.717) is 29.5 Å². The number of nitrogens with one attached hydrogen (secondary N) is 3. The number of piperidine rings is 1. The average Bonchev–Trinajstić information content (AvgIpc) is 3.25. The van der Waals surface area contributed by atoms with Gasteiger partial charge in [0.05, 0.1) is 13.3 Å². The highest BCUT2D eigenvalue weighted by Gasteiger charge is 2.33. The molecule has 0 bridgehead atoms. The minimum atomic E-state index is -0.279. The Morgan fingerprint density at radius 1 is 1.17 bits per heavy atom. The number of urea groups is 1.